The standard InChI is InChI=1S/C13H21F3N2O3/c14-13(15,16)12(11(20)21)6-8-18(9-12)10(19)5-3-1-2-4-7-17/h1-9,17H2,(H,20,21). The maximum Gasteiger partial charge on any atom is 0.406 e. The van der Waals surface area contributed by atoms with Crippen LogP contribution in [0.1, 0.15) is 38.5 Å². The number of carboxylic acid groups (broad SMARTS) is 1. The van der Waals surface area contributed by atoms with Gasteiger partial charge in [0, 0.05) is 19.5 Å². The quantitative estimate of drug-likeness (QED) is 0.702. The highest BCUT2D eigenvalue weighted by molar-refractivity contribution is 5.81. The Kier molecular flexibility index (Phi) is 6.00. The minimum absolute atomic E-state index is 0.151. The van der Waals surface area contributed by atoms with Gasteiger partial charge < -0.3 is 15.7 Å². The van der Waals surface area contributed by atoms with Crippen molar-refractivity contribution >= 4 is 11.9 Å². The van der Waals surface area contributed by atoms with Crippen LogP contribution in [0.2, 0.25) is 0 Å². The zero-order valence-electron chi connectivity index (χ0n) is 11.8. The Labute approximate surface area is 121 Å². The van der Waals surface area contributed by atoms with Crippen LogP contribution >= 0.6 is 0 Å². The highest BCUT2D eigenvalue weighted by Gasteiger charge is 2.64. The molecule has 1 heterocycles. The molecule has 0 aromatic heterocycles. The van der Waals surface area contributed by atoms with Crippen LogP contribution in [0.25, 0.3) is 0 Å². The first-order valence-electron chi connectivity index (χ1n) is 7.02. The number of likely N-dealkylation sites (tertiary alicyclic amines) is 1. The molecule has 21 heavy (non-hydrogen) atoms. The molecule has 0 aromatic carbocycles. The number of carbonyl (C=O) groups is 2. The van der Waals surface area contributed by atoms with E-state index in [1.807, 2.05) is 0 Å². The summed E-state index contributed by atoms with van der Waals surface area (Å²) in [4.78, 5) is 23.9. The monoisotopic (exact) mass is 310 g/mol. The highest BCUT2D eigenvalue weighted by Crippen LogP contribution is 2.45. The number of carbonyl (C=O) groups excluding carboxylic acids is 1. The van der Waals surface area contributed by atoms with Crippen LogP contribution in [0.5, 0.6) is 0 Å². The number of nitrogens with zero attached hydrogens (tertiary/aromatic N) is 1. The van der Waals surface area contributed by atoms with E-state index in [0.717, 1.165) is 24.2 Å². The molecule has 0 saturated carbocycles. The topological polar surface area (TPSA) is 83.6 Å². The first kappa shape index (κ1) is 17.7. The largest absolute Gasteiger partial charge is 0.481 e. The number of alkyl halides is 3. The Morgan fingerprint density at radius 1 is 1.19 bits per heavy atom. The number of rotatable bonds is 7. The van der Waals surface area contributed by atoms with Gasteiger partial charge in [-0.3, -0.25) is 9.59 Å². The molecule has 0 bridgehead atoms. The van der Waals surface area contributed by atoms with Gasteiger partial charge in [-0.2, -0.15) is 13.2 Å². The zero-order chi connectivity index (χ0) is 16.1. The van der Waals surface area contributed by atoms with Gasteiger partial charge in [0.05, 0.1) is 0 Å². The van der Waals surface area contributed by atoms with Crippen molar-refractivity contribution in [3.8, 4) is 0 Å². The summed E-state index contributed by atoms with van der Waals surface area (Å²) in [6, 6.07) is 0. The molecule has 122 valence electrons. The van der Waals surface area contributed by atoms with Gasteiger partial charge in [-0.15, -0.1) is 0 Å². The maximum absolute atomic E-state index is 13.0. The molecule has 0 aromatic rings. The van der Waals surface area contributed by atoms with E-state index in [1.165, 1.54) is 0 Å². The SMILES string of the molecule is NCCCCCCC(=O)N1CCC(C(=O)O)(C(F)(F)F)C1. The summed E-state index contributed by atoms with van der Waals surface area (Å²) in [6.45, 7) is -0.367. The Bertz CT molecular complexity index is 387. The third kappa shape index (κ3) is 4.09. The summed E-state index contributed by atoms with van der Waals surface area (Å²) in [5.41, 5.74) is 2.51. The first-order chi connectivity index (χ1) is 9.74. The molecule has 5 nitrogen and oxygen atoms in total. The number of nitrogens with two attached hydrogens (primary N) is 1. The second-order valence-corrected chi connectivity index (χ2v) is 5.40. The summed E-state index contributed by atoms with van der Waals surface area (Å²) in [7, 11) is 0. The number of hydrogen-bond acceptors (Lipinski definition) is 3. The molecular formula is C13H21F3N2O3. The average Bonchev–Trinajstić information content (AvgIpc) is 2.84. The molecule has 8 heteroatoms. The Morgan fingerprint density at radius 3 is 2.29 bits per heavy atom. The van der Waals surface area contributed by atoms with Crippen molar-refractivity contribution in [1.82, 2.24) is 4.90 Å². The number of carboxylic acids is 1. The minimum atomic E-state index is -4.85. The van der Waals surface area contributed by atoms with Crippen LogP contribution in [0, 0.1) is 5.41 Å². The van der Waals surface area contributed by atoms with Gasteiger partial charge in [0.2, 0.25) is 5.91 Å². The van der Waals surface area contributed by atoms with Crippen LogP contribution in [-0.2, 0) is 9.59 Å². The van der Waals surface area contributed by atoms with Gasteiger partial charge in [0.1, 0.15) is 0 Å². The van der Waals surface area contributed by atoms with Crippen molar-refractivity contribution in [2.75, 3.05) is 19.6 Å². The van der Waals surface area contributed by atoms with E-state index in [9.17, 15) is 22.8 Å². The lowest BCUT2D eigenvalue weighted by Gasteiger charge is -2.27. The number of unbranched alkanes of at least 4 members (excludes halogenated alkanes) is 3. The Hall–Kier alpha value is -1.31. The lowest BCUT2D eigenvalue weighted by atomic mass is 9.86. The van der Waals surface area contributed by atoms with Crippen LogP contribution in [0.15, 0.2) is 0 Å². The third-order valence-electron chi connectivity index (χ3n) is 3.92. The van der Waals surface area contributed by atoms with Gasteiger partial charge in [-0.25, -0.2) is 0 Å². The molecule has 1 rings (SSSR count). The smallest absolute Gasteiger partial charge is 0.406 e. The highest BCUT2D eigenvalue weighted by atomic mass is 19.4. The van der Waals surface area contributed by atoms with Crippen LogP contribution < -0.4 is 5.73 Å². The fourth-order valence-corrected chi connectivity index (χ4v) is 2.48. The second-order valence-electron chi connectivity index (χ2n) is 5.40. The molecule has 1 saturated heterocycles. The van der Waals surface area contributed by atoms with Crippen molar-refractivity contribution in [1.29, 1.82) is 0 Å². The summed E-state index contributed by atoms with van der Waals surface area (Å²) in [6.07, 6.45) is -2.17. The molecule has 1 atom stereocenters. The molecule has 1 fully saturated rings. The molecule has 3 N–H and O–H groups in total. The predicted molar refractivity (Wildman–Crippen MR) is 69.5 cm³/mol. The maximum atomic E-state index is 13.0. The molecular weight excluding hydrogens is 289 g/mol. The summed E-state index contributed by atoms with van der Waals surface area (Å²) < 4.78 is 38.9. The van der Waals surface area contributed by atoms with Crippen LogP contribution in [0.3, 0.4) is 0 Å². The molecule has 0 spiro atoms. The zero-order valence-corrected chi connectivity index (χ0v) is 11.8. The number of halogens is 3. The predicted octanol–water partition coefficient (Wildman–Crippen LogP) is 1.76. The van der Waals surface area contributed by atoms with Gasteiger partial charge in [-0.1, -0.05) is 12.8 Å². The number of aliphatic carboxylic acids is 1. The van der Waals surface area contributed by atoms with Crippen LogP contribution in [0.4, 0.5) is 13.2 Å². The van der Waals surface area contributed by atoms with Gasteiger partial charge in [-0.05, 0) is 25.8 Å². The van der Waals surface area contributed by atoms with E-state index >= 15 is 0 Å². The lowest BCUT2D eigenvalue weighted by Crippen LogP contribution is -2.47. The van der Waals surface area contributed by atoms with Crippen molar-refractivity contribution in [3.05, 3.63) is 0 Å². The summed E-state index contributed by atoms with van der Waals surface area (Å²) >= 11 is 0. The molecule has 0 radical (unpaired) electrons. The molecule has 0 aliphatic carbocycles. The van der Waals surface area contributed by atoms with Gasteiger partial charge in [0.25, 0.3) is 0 Å². The molecule has 1 aliphatic heterocycles. The molecule has 1 amide bonds. The third-order valence-corrected chi connectivity index (χ3v) is 3.92. The summed E-state index contributed by atoms with van der Waals surface area (Å²) in [5, 5.41) is 8.90. The van der Waals surface area contributed by atoms with Gasteiger partial charge >= 0.3 is 12.1 Å². The Morgan fingerprint density at radius 2 is 1.81 bits per heavy atom. The van der Waals surface area contributed by atoms with Crippen molar-refractivity contribution in [3.63, 3.8) is 0 Å². The van der Waals surface area contributed by atoms with Gasteiger partial charge in [0.15, 0.2) is 5.41 Å². The molecule has 1 aliphatic rings. The fraction of sp³-hybridized carbons (Fsp3) is 0.846. The van der Waals surface area contributed by atoms with E-state index in [0.29, 0.717) is 13.0 Å². The normalized spacial score (nSPS) is 22.6. The van der Waals surface area contributed by atoms with E-state index in [1.54, 1.807) is 0 Å². The van der Waals surface area contributed by atoms with E-state index in [-0.39, 0.29) is 13.0 Å². The van der Waals surface area contributed by atoms with Crippen molar-refractivity contribution in [2.45, 2.75) is 44.7 Å². The van der Waals surface area contributed by atoms with E-state index in [2.05, 4.69) is 0 Å². The van der Waals surface area contributed by atoms with Crippen molar-refractivity contribution < 1.29 is 27.9 Å². The average molecular weight is 310 g/mol. The lowest BCUT2D eigenvalue weighted by molar-refractivity contribution is -0.227. The number of hydrogen-bond donors (Lipinski definition) is 2. The first-order valence-corrected chi connectivity index (χ1v) is 7.02. The van der Waals surface area contributed by atoms with Crippen LogP contribution in [-0.4, -0.2) is 47.7 Å². The Balaban J connectivity index is 2.52. The fourth-order valence-electron chi connectivity index (χ4n) is 2.48. The van der Waals surface area contributed by atoms with E-state index < -0.39 is 36.4 Å². The minimum Gasteiger partial charge on any atom is -0.481 e. The second kappa shape index (κ2) is 7.11. The number of amides is 1. The van der Waals surface area contributed by atoms with Crippen molar-refractivity contribution in [2.24, 2.45) is 11.1 Å². The molecule has 1 unspecified atom stereocenters. The summed E-state index contributed by atoms with van der Waals surface area (Å²) in [5.74, 6) is -2.32. The van der Waals surface area contributed by atoms with E-state index in [4.69, 9.17) is 10.8 Å².